The number of carbonyl (C=O) groups is 1. The average molecular weight is 252 g/mol. The zero-order valence-corrected chi connectivity index (χ0v) is 11.8. The summed E-state index contributed by atoms with van der Waals surface area (Å²) in [6, 6.07) is 0. The maximum atomic E-state index is 12.1. The standard InChI is InChI=1S/C15H28N2O/c1-2-4-14-8-10-17(12-14)15(18)7-6-13-5-3-9-16-11-13/h13-14,16H,2-12H2,1H3. The van der Waals surface area contributed by atoms with Crippen LogP contribution in [-0.2, 0) is 4.79 Å². The van der Waals surface area contributed by atoms with Crippen molar-refractivity contribution in [2.75, 3.05) is 26.2 Å². The largest absolute Gasteiger partial charge is 0.342 e. The van der Waals surface area contributed by atoms with Crippen LogP contribution in [0.2, 0.25) is 0 Å². The minimum atomic E-state index is 0.402. The summed E-state index contributed by atoms with van der Waals surface area (Å²) in [7, 11) is 0. The predicted octanol–water partition coefficient (Wildman–Crippen LogP) is 2.41. The first-order chi connectivity index (χ1) is 8.79. The van der Waals surface area contributed by atoms with Crippen LogP contribution in [0.25, 0.3) is 0 Å². The highest BCUT2D eigenvalue weighted by Gasteiger charge is 2.25. The quantitative estimate of drug-likeness (QED) is 0.815. The lowest BCUT2D eigenvalue weighted by molar-refractivity contribution is -0.130. The van der Waals surface area contributed by atoms with Gasteiger partial charge in [-0.05, 0) is 57.0 Å². The zero-order valence-electron chi connectivity index (χ0n) is 11.8. The summed E-state index contributed by atoms with van der Waals surface area (Å²) >= 11 is 0. The molecule has 2 aliphatic rings. The van der Waals surface area contributed by atoms with Gasteiger partial charge in [-0.1, -0.05) is 13.3 Å². The van der Waals surface area contributed by atoms with E-state index in [9.17, 15) is 4.79 Å². The molecule has 0 saturated carbocycles. The minimum Gasteiger partial charge on any atom is -0.342 e. The molecule has 2 aliphatic heterocycles. The Bertz CT molecular complexity index is 261. The molecule has 1 N–H and O–H groups in total. The van der Waals surface area contributed by atoms with Crippen LogP contribution in [0.3, 0.4) is 0 Å². The second kappa shape index (κ2) is 7.13. The molecule has 2 rings (SSSR count). The molecule has 0 aromatic rings. The van der Waals surface area contributed by atoms with E-state index in [4.69, 9.17) is 0 Å². The van der Waals surface area contributed by atoms with Crippen LogP contribution in [0.5, 0.6) is 0 Å². The van der Waals surface area contributed by atoms with Crippen molar-refractivity contribution in [2.45, 2.75) is 51.9 Å². The third kappa shape index (κ3) is 3.98. The van der Waals surface area contributed by atoms with Crippen molar-refractivity contribution in [1.82, 2.24) is 10.2 Å². The molecule has 2 atom stereocenters. The smallest absolute Gasteiger partial charge is 0.222 e. The molecule has 3 nitrogen and oxygen atoms in total. The fourth-order valence-corrected chi connectivity index (χ4v) is 3.36. The van der Waals surface area contributed by atoms with E-state index in [1.54, 1.807) is 0 Å². The molecule has 1 amide bonds. The SMILES string of the molecule is CCCC1CCN(C(=O)CCC2CCCNC2)C1. The van der Waals surface area contributed by atoms with Crippen molar-refractivity contribution in [3.63, 3.8) is 0 Å². The van der Waals surface area contributed by atoms with Gasteiger partial charge in [-0.15, -0.1) is 0 Å². The number of rotatable bonds is 5. The van der Waals surface area contributed by atoms with Gasteiger partial charge in [0.25, 0.3) is 0 Å². The highest BCUT2D eigenvalue weighted by molar-refractivity contribution is 5.76. The molecule has 3 heteroatoms. The van der Waals surface area contributed by atoms with Gasteiger partial charge in [-0.2, -0.15) is 0 Å². The van der Waals surface area contributed by atoms with Crippen LogP contribution in [0.15, 0.2) is 0 Å². The molecule has 2 heterocycles. The van der Waals surface area contributed by atoms with E-state index in [0.29, 0.717) is 5.91 Å². The van der Waals surface area contributed by atoms with Crippen LogP contribution in [0.4, 0.5) is 0 Å². The molecule has 0 radical (unpaired) electrons. The maximum Gasteiger partial charge on any atom is 0.222 e. The van der Waals surface area contributed by atoms with Gasteiger partial charge < -0.3 is 10.2 Å². The summed E-state index contributed by atoms with van der Waals surface area (Å²) in [5, 5.41) is 3.43. The van der Waals surface area contributed by atoms with E-state index < -0.39 is 0 Å². The average Bonchev–Trinajstić information content (AvgIpc) is 2.86. The number of nitrogens with one attached hydrogen (secondary N) is 1. The Hall–Kier alpha value is -0.570. The number of likely N-dealkylation sites (tertiary alicyclic amines) is 1. The van der Waals surface area contributed by atoms with Gasteiger partial charge in [0.15, 0.2) is 0 Å². The topological polar surface area (TPSA) is 32.3 Å². The zero-order chi connectivity index (χ0) is 12.8. The van der Waals surface area contributed by atoms with E-state index >= 15 is 0 Å². The molecule has 2 fully saturated rings. The summed E-state index contributed by atoms with van der Waals surface area (Å²) in [5.74, 6) is 1.91. The maximum absolute atomic E-state index is 12.1. The van der Waals surface area contributed by atoms with Gasteiger partial charge in [0.05, 0.1) is 0 Å². The van der Waals surface area contributed by atoms with E-state index in [1.807, 2.05) is 0 Å². The first-order valence-electron chi connectivity index (χ1n) is 7.78. The van der Waals surface area contributed by atoms with Crippen molar-refractivity contribution < 1.29 is 4.79 Å². The fraction of sp³-hybridized carbons (Fsp3) is 0.933. The summed E-state index contributed by atoms with van der Waals surface area (Å²) in [6.45, 7) is 6.55. The summed E-state index contributed by atoms with van der Waals surface area (Å²) in [6.07, 6.45) is 8.20. The van der Waals surface area contributed by atoms with Crippen molar-refractivity contribution in [2.24, 2.45) is 11.8 Å². The van der Waals surface area contributed by atoms with Gasteiger partial charge in [-0.25, -0.2) is 0 Å². The molecule has 18 heavy (non-hydrogen) atoms. The number of carbonyl (C=O) groups excluding carboxylic acids is 1. The van der Waals surface area contributed by atoms with Crippen molar-refractivity contribution >= 4 is 5.91 Å². The minimum absolute atomic E-state index is 0.402. The Morgan fingerprint density at radius 3 is 2.89 bits per heavy atom. The number of piperidine rings is 1. The molecular formula is C15H28N2O. The Morgan fingerprint density at radius 1 is 1.28 bits per heavy atom. The lowest BCUT2D eigenvalue weighted by atomic mass is 9.94. The van der Waals surface area contributed by atoms with Gasteiger partial charge in [0, 0.05) is 19.5 Å². The van der Waals surface area contributed by atoms with Crippen LogP contribution in [0.1, 0.15) is 51.9 Å². The van der Waals surface area contributed by atoms with Gasteiger partial charge >= 0.3 is 0 Å². The number of hydrogen-bond donors (Lipinski definition) is 1. The first kappa shape index (κ1) is 13.9. The molecule has 2 saturated heterocycles. The van der Waals surface area contributed by atoms with Crippen molar-refractivity contribution in [3.05, 3.63) is 0 Å². The molecule has 0 aromatic heterocycles. The third-order valence-corrected chi connectivity index (χ3v) is 4.50. The highest BCUT2D eigenvalue weighted by atomic mass is 16.2. The molecule has 0 bridgehead atoms. The van der Waals surface area contributed by atoms with Gasteiger partial charge in [0.1, 0.15) is 0 Å². The Kier molecular flexibility index (Phi) is 5.48. The number of hydrogen-bond acceptors (Lipinski definition) is 2. The lowest BCUT2D eigenvalue weighted by Gasteiger charge is -2.23. The summed E-state index contributed by atoms with van der Waals surface area (Å²) in [4.78, 5) is 14.3. The van der Waals surface area contributed by atoms with E-state index in [2.05, 4.69) is 17.1 Å². The highest BCUT2D eigenvalue weighted by Crippen LogP contribution is 2.23. The second-order valence-corrected chi connectivity index (χ2v) is 6.03. The van der Waals surface area contributed by atoms with E-state index in [0.717, 1.165) is 50.9 Å². The Morgan fingerprint density at radius 2 is 2.17 bits per heavy atom. The van der Waals surface area contributed by atoms with Gasteiger partial charge in [-0.3, -0.25) is 4.79 Å². The molecule has 2 unspecified atom stereocenters. The lowest BCUT2D eigenvalue weighted by Crippen LogP contribution is -2.32. The van der Waals surface area contributed by atoms with Crippen LogP contribution >= 0.6 is 0 Å². The second-order valence-electron chi connectivity index (χ2n) is 6.03. The summed E-state index contributed by atoms with van der Waals surface area (Å²) < 4.78 is 0. The third-order valence-electron chi connectivity index (χ3n) is 4.50. The number of amides is 1. The Balaban J connectivity index is 1.65. The number of nitrogens with zero attached hydrogens (tertiary/aromatic N) is 1. The monoisotopic (exact) mass is 252 g/mol. The van der Waals surface area contributed by atoms with E-state index in [1.165, 1.54) is 32.1 Å². The fourth-order valence-electron chi connectivity index (χ4n) is 3.36. The summed E-state index contributed by atoms with van der Waals surface area (Å²) in [5.41, 5.74) is 0. The van der Waals surface area contributed by atoms with Gasteiger partial charge in [0.2, 0.25) is 5.91 Å². The normalized spacial score (nSPS) is 28.6. The molecule has 104 valence electrons. The van der Waals surface area contributed by atoms with Crippen LogP contribution in [0, 0.1) is 11.8 Å². The van der Waals surface area contributed by atoms with Crippen molar-refractivity contribution in [3.8, 4) is 0 Å². The van der Waals surface area contributed by atoms with Crippen LogP contribution in [-0.4, -0.2) is 37.0 Å². The molecule has 0 spiro atoms. The Labute approximate surface area is 111 Å². The van der Waals surface area contributed by atoms with Crippen molar-refractivity contribution in [1.29, 1.82) is 0 Å². The first-order valence-corrected chi connectivity index (χ1v) is 7.78. The molecule has 0 aromatic carbocycles. The van der Waals surface area contributed by atoms with E-state index in [-0.39, 0.29) is 0 Å². The van der Waals surface area contributed by atoms with Crippen LogP contribution < -0.4 is 5.32 Å². The molecule has 0 aliphatic carbocycles. The molecular weight excluding hydrogens is 224 g/mol. The predicted molar refractivity (Wildman–Crippen MR) is 74.4 cm³/mol.